The van der Waals surface area contributed by atoms with E-state index in [0.717, 1.165) is 37.5 Å². The number of urea groups is 1. The van der Waals surface area contributed by atoms with Crippen LogP contribution in [0.4, 0.5) is 10.5 Å². The van der Waals surface area contributed by atoms with Gasteiger partial charge in [0.25, 0.3) is 5.91 Å². The Morgan fingerprint density at radius 2 is 1.90 bits per heavy atom. The standard InChI is InChI=1S/C22H30N4O3/c1-15(2)24-22(28)25-18-8-6-7-17(13-18)21(27)23-14-19(26-11-4-5-12-26)20-10-9-16(3)29-20/h6-10,13,15,19H,4-5,11-12,14H2,1-3H3,(H,23,27)(H2,24,25,28). The molecule has 29 heavy (non-hydrogen) atoms. The molecule has 0 aliphatic carbocycles. The van der Waals surface area contributed by atoms with E-state index in [0.29, 0.717) is 17.8 Å². The van der Waals surface area contributed by atoms with E-state index in [4.69, 9.17) is 4.42 Å². The van der Waals surface area contributed by atoms with Crippen LogP contribution in [-0.2, 0) is 0 Å². The van der Waals surface area contributed by atoms with Gasteiger partial charge in [0.05, 0.1) is 6.04 Å². The lowest BCUT2D eigenvalue weighted by molar-refractivity contribution is 0.0933. The molecule has 0 saturated carbocycles. The second kappa shape index (κ2) is 9.60. The number of carbonyl (C=O) groups excluding carboxylic acids is 2. The number of carbonyl (C=O) groups is 2. The maximum absolute atomic E-state index is 12.7. The van der Waals surface area contributed by atoms with Gasteiger partial charge < -0.3 is 20.4 Å². The normalized spacial score (nSPS) is 15.3. The van der Waals surface area contributed by atoms with Crippen LogP contribution in [0, 0.1) is 6.92 Å². The third kappa shape index (κ3) is 5.84. The van der Waals surface area contributed by atoms with Crippen LogP contribution in [0.5, 0.6) is 0 Å². The van der Waals surface area contributed by atoms with Gasteiger partial charge >= 0.3 is 6.03 Å². The van der Waals surface area contributed by atoms with Crippen molar-refractivity contribution in [3.63, 3.8) is 0 Å². The zero-order chi connectivity index (χ0) is 20.8. The first-order valence-corrected chi connectivity index (χ1v) is 10.2. The minimum Gasteiger partial charge on any atom is -0.465 e. The maximum atomic E-state index is 12.7. The lowest BCUT2D eigenvalue weighted by Crippen LogP contribution is -2.36. The van der Waals surface area contributed by atoms with Gasteiger partial charge in [0.15, 0.2) is 0 Å². The average molecular weight is 399 g/mol. The fourth-order valence-corrected chi connectivity index (χ4v) is 3.55. The number of furan rings is 1. The summed E-state index contributed by atoms with van der Waals surface area (Å²) < 4.78 is 5.84. The van der Waals surface area contributed by atoms with Gasteiger partial charge in [-0.15, -0.1) is 0 Å². The molecule has 1 aliphatic heterocycles. The van der Waals surface area contributed by atoms with Crippen LogP contribution >= 0.6 is 0 Å². The van der Waals surface area contributed by atoms with Crippen LogP contribution in [0.2, 0.25) is 0 Å². The molecule has 3 N–H and O–H groups in total. The Kier molecular flexibility index (Phi) is 6.93. The monoisotopic (exact) mass is 398 g/mol. The zero-order valence-corrected chi connectivity index (χ0v) is 17.3. The molecule has 3 amide bonds. The van der Waals surface area contributed by atoms with Crippen molar-refractivity contribution in [3.05, 3.63) is 53.5 Å². The number of nitrogens with one attached hydrogen (secondary N) is 3. The summed E-state index contributed by atoms with van der Waals surface area (Å²) in [6, 6.07) is 10.6. The number of benzene rings is 1. The molecule has 1 fully saturated rings. The Hall–Kier alpha value is -2.80. The lowest BCUT2D eigenvalue weighted by atomic mass is 10.1. The van der Waals surface area contributed by atoms with E-state index in [1.54, 1.807) is 24.3 Å². The van der Waals surface area contributed by atoms with Gasteiger partial charge in [-0.05, 0) is 77.0 Å². The number of hydrogen-bond donors (Lipinski definition) is 3. The summed E-state index contributed by atoms with van der Waals surface area (Å²) in [4.78, 5) is 27.0. The molecule has 1 saturated heterocycles. The quantitative estimate of drug-likeness (QED) is 0.664. The summed E-state index contributed by atoms with van der Waals surface area (Å²) in [5.74, 6) is 1.57. The van der Waals surface area contributed by atoms with E-state index in [-0.39, 0.29) is 24.0 Å². The number of amides is 3. The van der Waals surface area contributed by atoms with E-state index in [2.05, 4.69) is 20.9 Å². The van der Waals surface area contributed by atoms with Crippen LogP contribution in [0.15, 0.2) is 40.8 Å². The smallest absolute Gasteiger partial charge is 0.319 e. The Balaban J connectivity index is 1.64. The highest BCUT2D eigenvalue weighted by atomic mass is 16.3. The highest BCUT2D eigenvalue weighted by Gasteiger charge is 2.26. The summed E-state index contributed by atoms with van der Waals surface area (Å²) in [7, 11) is 0. The molecule has 0 radical (unpaired) electrons. The molecule has 2 heterocycles. The molecule has 1 aromatic heterocycles. The summed E-state index contributed by atoms with van der Waals surface area (Å²) in [5.41, 5.74) is 1.08. The number of hydrogen-bond acceptors (Lipinski definition) is 4. The zero-order valence-electron chi connectivity index (χ0n) is 17.3. The average Bonchev–Trinajstić information content (AvgIpc) is 3.34. The van der Waals surface area contributed by atoms with Crippen molar-refractivity contribution in [2.45, 2.75) is 45.7 Å². The van der Waals surface area contributed by atoms with Crippen molar-refractivity contribution in [1.29, 1.82) is 0 Å². The van der Waals surface area contributed by atoms with Crippen LogP contribution < -0.4 is 16.0 Å². The Bertz CT molecular complexity index is 840. The minimum atomic E-state index is -0.292. The number of aryl methyl sites for hydroxylation is 1. The Morgan fingerprint density at radius 1 is 1.14 bits per heavy atom. The highest BCUT2D eigenvalue weighted by molar-refractivity contribution is 5.96. The Morgan fingerprint density at radius 3 is 2.55 bits per heavy atom. The minimum absolute atomic E-state index is 0.0216. The largest absolute Gasteiger partial charge is 0.465 e. The van der Waals surface area contributed by atoms with E-state index in [1.165, 1.54) is 0 Å². The molecule has 0 bridgehead atoms. The van der Waals surface area contributed by atoms with Gasteiger partial charge in [-0.25, -0.2) is 4.79 Å². The van der Waals surface area contributed by atoms with Gasteiger partial charge in [-0.1, -0.05) is 6.07 Å². The first-order valence-electron chi connectivity index (χ1n) is 10.2. The molecule has 156 valence electrons. The maximum Gasteiger partial charge on any atom is 0.319 e. The number of likely N-dealkylation sites (tertiary alicyclic amines) is 1. The van der Waals surface area contributed by atoms with E-state index < -0.39 is 0 Å². The topological polar surface area (TPSA) is 86.6 Å². The molecule has 1 aromatic carbocycles. The van der Waals surface area contributed by atoms with Crippen molar-refractivity contribution < 1.29 is 14.0 Å². The molecule has 7 nitrogen and oxygen atoms in total. The lowest BCUT2D eigenvalue weighted by Gasteiger charge is -2.26. The molecule has 1 unspecified atom stereocenters. The molecule has 0 spiro atoms. The third-order valence-electron chi connectivity index (χ3n) is 4.93. The summed E-state index contributed by atoms with van der Waals surface area (Å²) in [6.07, 6.45) is 2.33. The van der Waals surface area contributed by atoms with Gasteiger partial charge in [0, 0.05) is 23.8 Å². The van der Waals surface area contributed by atoms with Gasteiger partial charge in [0.2, 0.25) is 0 Å². The molecule has 2 aromatic rings. The second-order valence-corrected chi connectivity index (χ2v) is 7.75. The molecule has 3 rings (SSSR count). The van der Waals surface area contributed by atoms with Gasteiger partial charge in [0.1, 0.15) is 11.5 Å². The number of anilines is 1. The van der Waals surface area contributed by atoms with Crippen molar-refractivity contribution in [1.82, 2.24) is 15.5 Å². The van der Waals surface area contributed by atoms with Crippen molar-refractivity contribution in [2.75, 3.05) is 25.0 Å². The SMILES string of the molecule is Cc1ccc(C(CNC(=O)c2cccc(NC(=O)NC(C)C)c2)N2CCCC2)o1. The van der Waals surface area contributed by atoms with E-state index in [9.17, 15) is 9.59 Å². The predicted octanol–water partition coefficient (Wildman–Crippen LogP) is 3.68. The molecule has 7 heteroatoms. The summed E-state index contributed by atoms with van der Waals surface area (Å²) >= 11 is 0. The first-order chi connectivity index (χ1) is 13.9. The van der Waals surface area contributed by atoms with Crippen LogP contribution in [0.1, 0.15) is 54.6 Å². The third-order valence-corrected chi connectivity index (χ3v) is 4.93. The van der Waals surface area contributed by atoms with Crippen molar-refractivity contribution >= 4 is 17.6 Å². The summed E-state index contributed by atoms with van der Waals surface area (Å²) in [5, 5.41) is 8.55. The molecule has 1 aliphatic rings. The Labute approximate surface area is 171 Å². The fraction of sp³-hybridized carbons (Fsp3) is 0.455. The molecule has 1 atom stereocenters. The van der Waals surface area contributed by atoms with E-state index >= 15 is 0 Å². The highest BCUT2D eigenvalue weighted by Crippen LogP contribution is 2.26. The molecular formula is C22H30N4O3. The molecular weight excluding hydrogens is 368 g/mol. The van der Waals surface area contributed by atoms with Crippen LogP contribution in [0.25, 0.3) is 0 Å². The number of nitrogens with zero attached hydrogens (tertiary/aromatic N) is 1. The second-order valence-electron chi connectivity index (χ2n) is 7.75. The summed E-state index contributed by atoms with van der Waals surface area (Å²) in [6.45, 7) is 8.19. The number of rotatable bonds is 7. The van der Waals surface area contributed by atoms with Gasteiger partial charge in [-0.3, -0.25) is 9.69 Å². The first kappa shape index (κ1) is 20.9. The van der Waals surface area contributed by atoms with Crippen LogP contribution in [-0.4, -0.2) is 42.5 Å². The van der Waals surface area contributed by atoms with E-state index in [1.807, 2.05) is 32.9 Å². The van der Waals surface area contributed by atoms with Crippen molar-refractivity contribution in [3.8, 4) is 0 Å². The fourth-order valence-electron chi connectivity index (χ4n) is 3.55. The van der Waals surface area contributed by atoms with Crippen LogP contribution in [0.3, 0.4) is 0 Å². The predicted molar refractivity (Wildman–Crippen MR) is 113 cm³/mol. The van der Waals surface area contributed by atoms with Crippen molar-refractivity contribution in [2.24, 2.45) is 0 Å². The van der Waals surface area contributed by atoms with Gasteiger partial charge in [-0.2, -0.15) is 0 Å².